The first kappa shape index (κ1) is 27.0. The summed E-state index contributed by atoms with van der Waals surface area (Å²) in [6.07, 6.45) is 10.1. The van der Waals surface area contributed by atoms with E-state index in [0.717, 1.165) is 6.26 Å². The summed E-state index contributed by atoms with van der Waals surface area (Å²) in [6.45, 7) is 0.425. The Labute approximate surface area is 212 Å². The Balaban J connectivity index is 1.87. The predicted molar refractivity (Wildman–Crippen MR) is 141 cm³/mol. The second kappa shape index (κ2) is 11.9. The number of nitrogens with zero attached hydrogens (tertiary/aromatic N) is 5. The van der Waals surface area contributed by atoms with E-state index in [1.165, 1.54) is 47.2 Å². The van der Waals surface area contributed by atoms with Gasteiger partial charge in [-0.1, -0.05) is 18.2 Å². The highest BCUT2D eigenvalue weighted by atomic mass is 32.2. The number of hydrogen-bond acceptors (Lipinski definition) is 10. The van der Waals surface area contributed by atoms with Crippen LogP contribution in [0.2, 0.25) is 0 Å². The van der Waals surface area contributed by atoms with Crippen LogP contribution in [0.25, 0.3) is 17.1 Å². The second-order valence-electron chi connectivity index (χ2n) is 7.86. The van der Waals surface area contributed by atoms with Crippen LogP contribution >= 0.6 is 0 Å². The van der Waals surface area contributed by atoms with E-state index in [4.69, 9.17) is 11.5 Å². The second-order valence-corrected chi connectivity index (χ2v) is 9.84. The highest BCUT2D eigenvalue weighted by Crippen LogP contribution is 2.20. The van der Waals surface area contributed by atoms with Crippen LogP contribution in [0, 0.1) is 11.3 Å². The molecule has 0 amide bonds. The molecule has 0 saturated carbocycles. The number of nitrogens with two attached hydrogens (primary N) is 2. The van der Waals surface area contributed by atoms with Crippen LogP contribution in [-0.4, -0.2) is 40.7 Å². The van der Waals surface area contributed by atoms with Crippen molar-refractivity contribution in [1.29, 1.82) is 5.26 Å². The van der Waals surface area contributed by atoms with Gasteiger partial charge >= 0.3 is 0 Å². The van der Waals surface area contributed by atoms with Crippen molar-refractivity contribution in [3.63, 3.8) is 0 Å². The summed E-state index contributed by atoms with van der Waals surface area (Å²) in [6, 6.07) is 6.43. The molecule has 0 radical (unpaired) electrons. The maximum Gasteiger partial charge on any atom is 0.266 e. The monoisotopic (exact) mass is 524 g/mol. The first-order valence-electron chi connectivity index (χ1n) is 11.1. The summed E-state index contributed by atoms with van der Waals surface area (Å²) < 4.78 is 38.0. The lowest BCUT2D eigenvalue weighted by Gasteiger charge is -2.12. The molecule has 13 heteroatoms. The molecule has 0 aliphatic rings. The lowest BCUT2D eigenvalue weighted by Crippen LogP contribution is -2.23. The van der Waals surface area contributed by atoms with E-state index in [9.17, 15) is 22.9 Å². The topological polar surface area (TPSA) is 183 Å². The molecule has 0 unspecified atom stereocenters. The molecule has 1 aromatic carbocycles. The number of hydrogen-bond donors (Lipinski definition) is 3. The molecule has 37 heavy (non-hydrogen) atoms. The molecule has 0 aliphatic heterocycles. The van der Waals surface area contributed by atoms with Gasteiger partial charge in [-0.05, 0) is 37.1 Å². The Morgan fingerprint density at radius 1 is 1.14 bits per heavy atom. The van der Waals surface area contributed by atoms with Crippen LogP contribution in [0.1, 0.15) is 24.2 Å². The number of halogens is 1. The minimum atomic E-state index is -3.68. The standard InChI is InChI=1S/C24H25FN8O3S/c1-37(35,36)18-10-8-9-17-20(18)23(34)33(14-7-3-2-5-12-25)19(30-17)11-4-6-13-29-22-16(15-26)21(27)31-24(28)32-22/h2-3,5,7-10,12,14H,4,6,11,13H2,1H3,(H5,27,28,29,31,32)/b3-2-,12-5+,14-7+. The van der Waals surface area contributed by atoms with Gasteiger partial charge in [-0.3, -0.25) is 9.36 Å². The molecular formula is C24H25FN8O3S. The average molecular weight is 525 g/mol. The molecule has 2 aromatic heterocycles. The van der Waals surface area contributed by atoms with E-state index < -0.39 is 15.4 Å². The largest absolute Gasteiger partial charge is 0.382 e. The van der Waals surface area contributed by atoms with Crippen molar-refractivity contribution >= 4 is 44.5 Å². The van der Waals surface area contributed by atoms with E-state index >= 15 is 0 Å². The number of nitriles is 1. The summed E-state index contributed by atoms with van der Waals surface area (Å²) in [4.78, 5) is 25.6. The zero-order chi connectivity index (χ0) is 27.0. The summed E-state index contributed by atoms with van der Waals surface area (Å²) in [5.41, 5.74) is 11.2. The van der Waals surface area contributed by atoms with Crippen LogP contribution < -0.4 is 22.3 Å². The molecule has 192 valence electrons. The van der Waals surface area contributed by atoms with Gasteiger partial charge in [0.25, 0.3) is 5.56 Å². The van der Waals surface area contributed by atoms with Crippen LogP contribution in [0.15, 0.2) is 58.5 Å². The van der Waals surface area contributed by atoms with Crippen molar-refractivity contribution in [3.8, 4) is 6.07 Å². The summed E-state index contributed by atoms with van der Waals surface area (Å²) in [5, 5.41) is 12.3. The first-order chi connectivity index (χ1) is 17.7. The Kier molecular flexibility index (Phi) is 8.70. The van der Waals surface area contributed by atoms with Gasteiger partial charge in [-0.15, -0.1) is 0 Å². The molecule has 3 rings (SSSR count). The van der Waals surface area contributed by atoms with Crippen molar-refractivity contribution in [3.05, 3.63) is 70.6 Å². The quantitative estimate of drug-likeness (QED) is 0.263. The smallest absolute Gasteiger partial charge is 0.266 e. The molecular weight excluding hydrogens is 499 g/mol. The van der Waals surface area contributed by atoms with E-state index in [0.29, 0.717) is 38.0 Å². The molecule has 11 nitrogen and oxygen atoms in total. The molecule has 0 atom stereocenters. The van der Waals surface area contributed by atoms with Gasteiger partial charge in [0.05, 0.1) is 22.1 Å². The zero-order valence-electron chi connectivity index (χ0n) is 19.9. The molecule has 0 aliphatic carbocycles. The number of fused-ring (bicyclic) bond motifs is 1. The van der Waals surface area contributed by atoms with E-state index in [1.54, 1.807) is 6.07 Å². The summed E-state index contributed by atoms with van der Waals surface area (Å²) >= 11 is 0. The van der Waals surface area contributed by atoms with E-state index in [2.05, 4.69) is 20.3 Å². The van der Waals surface area contributed by atoms with Crippen LogP contribution in [0.5, 0.6) is 0 Å². The number of benzene rings is 1. The molecule has 0 fully saturated rings. The van der Waals surface area contributed by atoms with E-state index in [-0.39, 0.29) is 38.9 Å². The van der Waals surface area contributed by atoms with Crippen molar-refractivity contribution in [2.45, 2.75) is 24.2 Å². The van der Waals surface area contributed by atoms with Crippen molar-refractivity contribution < 1.29 is 12.8 Å². The highest BCUT2D eigenvalue weighted by Gasteiger charge is 2.18. The number of aryl methyl sites for hydroxylation is 1. The minimum absolute atomic E-state index is 0.00401. The highest BCUT2D eigenvalue weighted by molar-refractivity contribution is 7.91. The molecule has 0 spiro atoms. The Morgan fingerprint density at radius 3 is 2.59 bits per heavy atom. The maximum absolute atomic E-state index is 13.4. The number of rotatable bonds is 10. The molecule has 0 bridgehead atoms. The van der Waals surface area contributed by atoms with Gasteiger partial charge in [-0.25, -0.2) is 17.8 Å². The summed E-state index contributed by atoms with van der Waals surface area (Å²) in [5.74, 6) is 0.582. The third kappa shape index (κ3) is 6.56. The van der Waals surface area contributed by atoms with Gasteiger partial charge in [0.2, 0.25) is 5.95 Å². The van der Waals surface area contributed by atoms with Gasteiger partial charge < -0.3 is 16.8 Å². The molecule has 3 aromatic rings. The number of aromatic nitrogens is 4. The average Bonchev–Trinajstić information content (AvgIpc) is 2.84. The molecule has 0 saturated heterocycles. The first-order valence-corrected chi connectivity index (χ1v) is 13.0. The van der Waals surface area contributed by atoms with Crippen molar-refractivity contribution in [1.82, 2.24) is 19.5 Å². The zero-order valence-corrected chi connectivity index (χ0v) is 20.7. The molecule has 5 N–H and O–H groups in total. The number of sulfone groups is 1. The minimum Gasteiger partial charge on any atom is -0.382 e. The fourth-order valence-electron chi connectivity index (χ4n) is 3.55. The van der Waals surface area contributed by atoms with Crippen LogP contribution in [0.4, 0.5) is 22.0 Å². The Bertz CT molecular complexity index is 1600. The van der Waals surface area contributed by atoms with Gasteiger partial charge in [0.1, 0.15) is 23.3 Å². The van der Waals surface area contributed by atoms with Gasteiger partial charge in [-0.2, -0.15) is 15.2 Å². The predicted octanol–water partition coefficient (Wildman–Crippen LogP) is 2.57. The molecule has 2 heterocycles. The fourth-order valence-corrected chi connectivity index (χ4v) is 4.44. The Morgan fingerprint density at radius 2 is 1.89 bits per heavy atom. The fraction of sp³-hybridized carbons (Fsp3) is 0.208. The lowest BCUT2D eigenvalue weighted by molar-refractivity contribution is 0.602. The number of nitrogen functional groups attached to an aromatic ring is 2. The van der Waals surface area contributed by atoms with Gasteiger partial charge in [0.15, 0.2) is 15.7 Å². The SMILES string of the molecule is CS(=O)(=O)c1cccc2nc(CCCCNc3nc(N)nc(N)c3C#N)n(/C=C/C=C\C=C\F)c(=O)c12. The van der Waals surface area contributed by atoms with Crippen LogP contribution in [-0.2, 0) is 16.3 Å². The normalized spacial score (nSPS) is 12.1. The third-order valence-electron chi connectivity index (χ3n) is 5.19. The maximum atomic E-state index is 13.4. The van der Waals surface area contributed by atoms with Crippen LogP contribution in [0.3, 0.4) is 0 Å². The number of nitrogens with one attached hydrogen (secondary N) is 1. The Hall–Kier alpha value is -4.57. The summed E-state index contributed by atoms with van der Waals surface area (Å²) in [7, 11) is -3.68. The van der Waals surface area contributed by atoms with Crippen molar-refractivity contribution in [2.24, 2.45) is 0 Å². The number of unbranched alkanes of at least 4 members (excludes halogenated alkanes) is 1. The van der Waals surface area contributed by atoms with Crippen molar-refractivity contribution in [2.75, 3.05) is 29.6 Å². The van der Waals surface area contributed by atoms with E-state index in [1.807, 2.05) is 6.07 Å². The van der Waals surface area contributed by atoms with Gasteiger partial charge in [0, 0.05) is 25.4 Å². The third-order valence-corrected chi connectivity index (χ3v) is 6.33. The lowest BCUT2D eigenvalue weighted by atomic mass is 10.2. The number of allylic oxidation sites excluding steroid dienone is 4. The number of anilines is 3.